The highest BCUT2D eigenvalue weighted by molar-refractivity contribution is 7.13. The number of aryl methyl sites for hydroxylation is 2. The molecule has 7 heteroatoms. The lowest BCUT2D eigenvalue weighted by molar-refractivity contribution is 0.439. The molecular formula is C24H21N5OS. The second-order valence-electron chi connectivity index (χ2n) is 7.33. The summed E-state index contributed by atoms with van der Waals surface area (Å²) in [5.41, 5.74) is 5.25. The van der Waals surface area contributed by atoms with Gasteiger partial charge in [0.2, 0.25) is 11.0 Å². The SMILES string of the molecule is CCCc1nnc(-n2c(C)nc(/C=C3/C(c4ccccc4)=Nc4ccccc43)c2O)s1. The van der Waals surface area contributed by atoms with E-state index in [1.807, 2.05) is 67.6 Å². The fourth-order valence-electron chi connectivity index (χ4n) is 3.72. The van der Waals surface area contributed by atoms with E-state index < -0.39 is 0 Å². The van der Waals surface area contributed by atoms with Crippen LogP contribution < -0.4 is 0 Å². The van der Waals surface area contributed by atoms with Crippen molar-refractivity contribution < 1.29 is 5.11 Å². The van der Waals surface area contributed by atoms with Gasteiger partial charge in [0.15, 0.2) is 0 Å². The van der Waals surface area contributed by atoms with Crippen LogP contribution in [-0.4, -0.2) is 30.6 Å². The second-order valence-corrected chi connectivity index (χ2v) is 8.37. The number of nitrogens with zero attached hydrogens (tertiary/aromatic N) is 5. The van der Waals surface area contributed by atoms with Crippen LogP contribution in [0.15, 0.2) is 59.6 Å². The van der Waals surface area contributed by atoms with Crippen molar-refractivity contribution in [3.63, 3.8) is 0 Å². The number of benzene rings is 2. The standard InChI is InChI=1S/C24H21N5OS/c1-3-9-21-27-28-24(31-21)29-15(2)25-20(23(29)30)14-18-17-12-7-8-13-19(17)26-22(18)16-10-5-4-6-11-16/h4-8,10-14,30H,3,9H2,1-2H3/b18-14+. The molecule has 1 N–H and O–H groups in total. The van der Waals surface area contributed by atoms with Crippen LogP contribution in [0.3, 0.4) is 0 Å². The van der Waals surface area contributed by atoms with Crippen LogP contribution in [0.2, 0.25) is 0 Å². The molecule has 0 unspecified atom stereocenters. The third kappa shape index (κ3) is 3.47. The largest absolute Gasteiger partial charge is 0.493 e. The van der Waals surface area contributed by atoms with Gasteiger partial charge in [0.05, 0.1) is 11.4 Å². The number of rotatable bonds is 5. The lowest BCUT2D eigenvalue weighted by Gasteiger charge is -2.05. The third-order valence-electron chi connectivity index (χ3n) is 5.17. The maximum absolute atomic E-state index is 11.0. The minimum absolute atomic E-state index is 0.0565. The normalized spacial score (nSPS) is 14.1. The molecule has 5 rings (SSSR count). The van der Waals surface area contributed by atoms with Gasteiger partial charge in [-0.1, -0.05) is 66.8 Å². The minimum Gasteiger partial charge on any atom is -0.493 e. The molecule has 0 atom stereocenters. The number of aromatic nitrogens is 4. The lowest BCUT2D eigenvalue weighted by atomic mass is 9.97. The lowest BCUT2D eigenvalue weighted by Crippen LogP contribution is -1.99. The molecule has 0 spiro atoms. The Labute approximate surface area is 184 Å². The molecule has 3 heterocycles. The molecule has 4 aromatic rings. The predicted molar refractivity (Wildman–Crippen MR) is 124 cm³/mol. The quantitative estimate of drug-likeness (QED) is 0.465. The van der Waals surface area contributed by atoms with Gasteiger partial charge < -0.3 is 5.11 Å². The number of fused-ring (bicyclic) bond motifs is 1. The van der Waals surface area contributed by atoms with E-state index in [-0.39, 0.29) is 5.88 Å². The molecule has 1 aliphatic heterocycles. The molecule has 2 aromatic carbocycles. The molecule has 0 radical (unpaired) electrons. The van der Waals surface area contributed by atoms with E-state index in [0.29, 0.717) is 16.6 Å². The van der Waals surface area contributed by atoms with Crippen molar-refractivity contribution in [1.82, 2.24) is 19.7 Å². The number of aliphatic imine (C=N–C) groups is 1. The van der Waals surface area contributed by atoms with Crippen molar-refractivity contribution in [2.24, 2.45) is 4.99 Å². The van der Waals surface area contributed by atoms with Gasteiger partial charge in [0.25, 0.3) is 0 Å². The first-order valence-electron chi connectivity index (χ1n) is 10.2. The Hall–Kier alpha value is -3.58. The van der Waals surface area contributed by atoms with Crippen LogP contribution >= 0.6 is 11.3 Å². The molecule has 0 aliphatic carbocycles. The van der Waals surface area contributed by atoms with Crippen molar-refractivity contribution in [2.45, 2.75) is 26.7 Å². The number of para-hydroxylation sites is 1. The molecule has 154 valence electrons. The van der Waals surface area contributed by atoms with E-state index >= 15 is 0 Å². The van der Waals surface area contributed by atoms with E-state index in [2.05, 4.69) is 22.1 Å². The van der Waals surface area contributed by atoms with E-state index in [9.17, 15) is 5.11 Å². The molecule has 31 heavy (non-hydrogen) atoms. The first-order valence-corrected chi connectivity index (χ1v) is 11.0. The van der Waals surface area contributed by atoms with Crippen molar-refractivity contribution >= 4 is 34.4 Å². The van der Waals surface area contributed by atoms with Crippen molar-refractivity contribution in [3.8, 4) is 11.0 Å². The topological polar surface area (TPSA) is 76.2 Å². The van der Waals surface area contributed by atoms with E-state index in [1.54, 1.807) is 4.57 Å². The molecule has 6 nitrogen and oxygen atoms in total. The van der Waals surface area contributed by atoms with Crippen LogP contribution in [0.1, 0.15) is 41.0 Å². The summed E-state index contributed by atoms with van der Waals surface area (Å²) in [6.07, 6.45) is 3.78. The Bertz CT molecular complexity index is 1320. The Morgan fingerprint density at radius 1 is 1.03 bits per heavy atom. The second kappa shape index (κ2) is 7.92. The summed E-state index contributed by atoms with van der Waals surface area (Å²) in [7, 11) is 0. The molecule has 0 bridgehead atoms. The monoisotopic (exact) mass is 427 g/mol. The van der Waals surface area contributed by atoms with Gasteiger partial charge in [-0.2, -0.15) is 0 Å². The first-order chi connectivity index (χ1) is 15.2. The van der Waals surface area contributed by atoms with Gasteiger partial charge in [0, 0.05) is 23.1 Å². The average Bonchev–Trinajstić information content (AvgIpc) is 3.46. The van der Waals surface area contributed by atoms with Crippen molar-refractivity contribution in [2.75, 3.05) is 0 Å². The van der Waals surface area contributed by atoms with Crippen LogP contribution in [0.4, 0.5) is 5.69 Å². The number of hydrogen-bond donors (Lipinski definition) is 1. The van der Waals surface area contributed by atoms with Crippen LogP contribution in [0.25, 0.3) is 16.8 Å². The maximum Gasteiger partial charge on any atom is 0.225 e. The summed E-state index contributed by atoms with van der Waals surface area (Å²) in [4.78, 5) is 9.48. The summed E-state index contributed by atoms with van der Waals surface area (Å²) in [5.74, 6) is 0.717. The average molecular weight is 428 g/mol. The molecule has 0 fully saturated rings. The first kappa shape index (κ1) is 19.4. The highest BCUT2D eigenvalue weighted by Gasteiger charge is 2.24. The predicted octanol–water partition coefficient (Wildman–Crippen LogP) is 5.37. The van der Waals surface area contributed by atoms with Crippen molar-refractivity contribution in [3.05, 3.63) is 82.3 Å². The van der Waals surface area contributed by atoms with Crippen molar-refractivity contribution in [1.29, 1.82) is 0 Å². The van der Waals surface area contributed by atoms with Crippen LogP contribution in [-0.2, 0) is 6.42 Å². The molecule has 2 aromatic heterocycles. The smallest absolute Gasteiger partial charge is 0.225 e. The Balaban J connectivity index is 1.61. The molecule has 0 saturated carbocycles. The summed E-state index contributed by atoms with van der Waals surface area (Å²) < 4.78 is 1.66. The summed E-state index contributed by atoms with van der Waals surface area (Å²) in [6.45, 7) is 3.97. The number of imidazole rings is 1. The fourth-order valence-corrected chi connectivity index (χ4v) is 4.71. The number of aromatic hydroxyl groups is 1. The van der Waals surface area contributed by atoms with Gasteiger partial charge in [-0.15, -0.1) is 10.2 Å². The summed E-state index contributed by atoms with van der Waals surface area (Å²) in [5, 5.41) is 21.1. The highest BCUT2D eigenvalue weighted by atomic mass is 32.1. The van der Waals surface area contributed by atoms with Gasteiger partial charge in [0.1, 0.15) is 16.5 Å². The number of hydrogen-bond acceptors (Lipinski definition) is 6. The molecular weight excluding hydrogens is 406 g/mol. The Morgan fingerprint density at radius 3 is 2.61 bits per heavy atom. The Morgan fingerprint density at radius 2 is 1.81 bits per heavy atom. The third-order valence-corrected chi connectivity index (χ3v) is 6.14. The molecule has 0 saturated heterocycles. The van der Waals surface area contributed by atoms with Gasteiger partial charge in [-0.05, 0) is 25.5 Å². The molecule has 0 amide bonds. The zero-order chi connectivity index (χ0) is 21.4. The summed E-state index contributed by atoms with van der Waals surface area (Å²) >= 11 is 1.48. The summed E-state index contributed by atoms with van der Waals surface area (Å²) in [6, 6.07) is 18.1. The van der Waals surface area contributed by atoms with Crippen LogP contribution in [0.5, 0.6) is 5.88 Å². The highest BCUT2D eigenvalue weighted by Crippen LogP contribution is 2.39. The minimum atomic E-state index is 0.0565. The van der Waals surface area contributed by atoms with E-state index in [1.165, 1.54) is 11.3 Å². The van der Waals surface area contributed by atoms with E-state index in [4.69, 9.17) is 4.99 Å². The maximum atomic E-state index is 11.0. The van der Waals surface area contributed by atoms with Crippen LogP contribution in [0, 0.1) is 6.92 Å². The van der Waals surface area contributed by atoms with Gasteiger partial charge in [-0.3, -0.25) is 0 Å². The van der Waals surface area contributed by atoms with E-state index in [0.717, 1.165) is 45.9 Å². The fraction of sp³-hybridized carbons (Fsp3) is 0.167. The zero-order valence-electron chi connectivity index (χ0n) is 17.3. The molecule has 1 aliphatic rings. The zero-order valence-corrected chi connectivity index (χ0v) is 18.1. The van der Waals surface area contributed by atoms with Gasteiger partial charge >= 0.3 is 0 Å². The van der Waals surface area contributed by atoms with Gasteiger partial charge in [-0.25, -0.2) is 14.5 Å². The Kier molecular flexibility index (Phi) is 4.95. The number of allylic oxidation sites excluding steroid dienone is 1.